The molecule has 0 bridgehead atoms. The van der Waals surface area contributed by atoms with E-state index >= 15 is 0 Å². The summed E-state index contributed by atoms with van der Waals surface area (Å²) >= 11 is 1.75. The van der Waals surface area contributed by atoms with Gasteiger partial charge in [-0.15, -0.1) is 11.8 Å². The van der Waals surface area contributed by atoms with Crippen LogP contribution in [0.1, 0.15) is 16.7 Å². The van der Waals surface area contributed by atoms with E-state index in [-0.39, 0.29) is 5.75 Å². The number of thioether (sulfide) groups is 1. The fraction of sp³-hybridized carbons (Fsp3) is 0.235. The molecule has 2 N–H and O–H groups in total. The van der Waals surface area contributed by atoms with Crippen molar-refractivity contribution >= 4 is 11.8 Å². The number of hydrogen-bond acceptors (Lipinski definition) is 4. The van der Waals surface area contributed by atoms with Crippen LogP contribution >= 0.6 is 11.8 Å². The molecule has 0 aliphatic carbocycles. The zero-order chi connectivity index (χ0) is 15.1. The van der Waals surface area contributed by atoms with Gasteiger partial charge in [-0.05, 0) is 48.5 Å². The summed E-state index contributed by atoms with van der Waals surface area (Å²) in [5, 5.41) is 22.0. The van der Waals surface area contributed by atoms with Crippen LogP contribution in [0.5, 0.6) is 5.75 Å². The lowest BCUT2D eigenvalue weighted by Gasteiger charge is -2.09. The Labute approximate surface area is 129 Å². The van der Waals surface area contributed by atoms with E-state index in [4.69, 9.17) is 5.26 Å². The molecule has 2 aromatic carbocycles. The van der Waals surface area contributed by atoms with Crippen LogP contribution < -0.4 is 5.32 Å². The second kappa shape index (κ2) is 7.72. The molecule has 108 valence electrons. The van der Waals surface area contributed by atoms with Gasteiger partial charge in [-0.2, -0.15) is 5.26 Å². The Morgan fingerprint density at radius 1 is 1.19 bits per heavy atom. The second-order valence-corrected chi connectivity index (χ2v) is 5.54. The van der Waals surface area contributed by atoms with Crippen molar-refractivity contribution in [3.63, 3.8) is 0 Å². The highest BCUT2D eigenvalue weighted by Crippen LogP contribution is 2.20. The highest BCUT2D eigenvalue weighted by Gasteiger charge is 2.03. The first-order valence-electron chi connectivity index (χ1n) is 6.79. The van der Waals surface area contributed by atoms with E-state index in [0.29, 0.717) is 5.56 Å². The Kier molecular flexibility index (Phi) is 5.68. The van der Waals surface area contributed by atoms with E-state index in [1.165, 1.54) is 16.5 Å². The number of aromatic hydroxyl groups is 1. The van der Waals surface area contributed by atoms with Crippen LogP contribution in [0.15, 0.2) is 47.4 Å². The fourth-order valence-electron chi connectivity index (χ4n) is 2.14. The molecule has 0 saturated heterocycles. The third-order valence-corrected chi connectivity index (χ3v) is 4.13. The van der Waals surface area contributed by atoms with Gasteiger partial charge in [0.05, 0.1) is 11.6 Å². The van der Waals surface area contributed by atoms with Gasteiger partial charge in [-0.1, -0.05) is 24.3 Å². The molecule has 0 aliphatic rings. The molecule has 0 radical (unpaired) electrons. The molecule has 2 aromatic rings. The standard InChI is InChI=1S/C17H18N2OS/c1-21-17-5-3-2-4-15(17)12-19-9-8-14-7-6-13(11-18)10-16(14)20/h2-7,10,19-20H,8-9,12H2,1H3. The summed E-state index contributed by atoms with van der Waals surface area (Å²) in [5.41, 5.74) is 2.63. The van der Waals surface area contributed by atoms with Crippen molar-refractivity contribution in [2.45, 2.75) is 17.9 Å². The molecule has 2 rings (SSSR count). The van der Waals surface area contributed by atoms with Crippen LogP contribution in [0.4, 0.5) is 0 Å². The Morgan fingerprint density at radius 2 is 2.00 bits per heavy atom. The maximum atomic E-state index is 9.84. The number of nitrogens with zero attached hydrogens (tertiary/aromatic N) is 1. The molecule has 0 atom stereocenters. The zero-order valence-corrected chi connectivity index (χ0v) is 12.8. The minimum Gasteiger partial charge on any atom is -0.508 e. The monoisotopic (exact) mass is 298 g/mol. The number of rotatable bonds is 6. The first kappa shape index (κ1) is 15.4. The molecule has 3 nitrogen and oxygen atoms in total. The minimum atomic E-state index is 0.195. The molecule has 0 saturated carbocycles. The van der Waals surface area contributed by atoms with Crippen molar-refractivity contribution in [3.05, 3.63) is 59.2 Å². The van der Waals surface area contributed by atoms with Gasteiger partial charge in [0.15, 0.2) is 0 Å². The van der Waals surface area contributed by atoms with Crippen molar-refractivity contribution in [2.24, 2.45) is 0 Å². The van der Waals surface area contributed by atoms with Gasteiger partial charge in [0, 0.05) is 11.4 Å². The Morgan fingerprint density at radius 3 is 2.71 bits per heavy atom. The third kappa shape index (κ3) is 4.25. The lowest BCUT2D eigenvalue weighted by Crippen LogP contribution is -2.17. The van der Waals surface area contributed by atoms with Gasteiger partial charge in [0.1, 0.15) is 5.75 Å². The van der Waals surface area contributed by atoms with Crippen molar-refractivity contribution in [3.8, 4) is 11.8 Å². The van der Waals surface area contributed by atoms with Gasteiger partial charge in [0.2, 0.25) is 0 Å². The summed E-state index contributed by atoms with van der Waals surface area (Å²) in [6.45, 7) is 1.59. The van der Waals surface area contributed by atoms with Crippen molar-refractivity contribution in [1.82, 2.24) is 5.32 Å². The summed E-state index contributed by atoms with van der Waals surface area (Å²) in [5.74, 6) is 0.195. The van der Waals surface area contributed by atoms with E-state index in [9.17, 15) is 5.11 Å². The molecular weight excluding hydrogens is 280 g/mol. The van der Waals surface area contributed by atoms with Crippen LogP contribution in [0.2, 0.25) is 0 Å². The lowest BCUT2D eigenvalue weighted by atomic mass is 10.1. The topological polar surface area (TPSA) is 56.0 Å². The second-order valence-electron chi connectivity index (χ2n) is 4.69. The molecular formula is C17H18N2OS. The minimum absolute atomic E-state index is 0.195. The molecule has 0 aliphatic heterocycles. The lowest BCUT2D eigenvalue weighted by molar-refractivity contribution is 0.466. The highest BCUT2D eigenvalue weighted by molar-refractivity contribution is 7.98. The number of phenols is 1. The van der Waals surface area contributed by atoms with Crippen LogP contribution in [-0.2, 0) is 13.0 Å². The molecule has 4 heteroatoms. The van der Waals surface area contributed by atoms with Gasteiger partial charge in [-0.25, -0.2) is 0 Å². The maximum Gasteiger partial charge on any atom is 0.120 e. The van der Waals surface area contributed by atoms with Crippen molar-refractivity contribution < 1.29 is 5.11 Å². The Hall–Kier alpha value is -1.96. The number of nitrogens with one attached hydrogen (secondary N) is 1. The largest absolute Gasteiger partial charge is 0.508 e. The van der Waals surface area contributed by atoms with Crippen molar-refractivity contribution in [1.29, 1.82) is 5.26 Å². The SMILES string of the molecule is CSc1ccccc1CNCCc1ccc(C#N)cc1O. The number of phenolic OH excluding ortho intramolecular Hbond substituents is 1. The maximum absolute atomic E-state index is 9.84. The van der Waals surface area contributed by atoms with E-state index in [1.807, 2.05) is 24.3 Å². The van der Waals surface area contributed by atoms with Gasteiger partial charge >= 0.3 is 0 Å². The average molecular weight is 298 g/mol. The summed E-state index contributed by atoms with van der Waals surface area (Å²) in [6, 6.07) is 15.4. The molecule has 21 heavy (non-hydrogen) atoms. The normalized spacial score (nSPS) is 10.3. The number of hydrogen-bond donors (Lipinski definition) is 2. The molecule has 0 amide bonds. The van der Waals surface area contributed by atoms with E-state index in [2.05, 4.69) is 23.7 Å². The molecule has 0 fully saturated rings. The summed E-state index contributed by atoms with van der Waals surface area (Å²) in [6.07, 6.45) is 2.81. The van der Waals surface area contributed by atoms with Crippen LogP contribution in [0, 0.1) is 11.3 Å². The van der Waals surface area contributed by atoms with E-state index in [0.717, 1.165) is 25.1 Å². The highest BCUT2D eigenvalue weighted by atomic mass is 32.2. The van der Waals surface area contributed by atoms with Crippen LogP contribution in [-0.4, -0.2) is 17.9 Å². The summed E-state index contributed by atoms with van der Waals surface area (Å²) in [4.78, 5) is 1.28. The summed E-state index contributed by atoms with van der Waals surface area (Å²) < 4.78 is 0. The van der Waals surface area contributed by atoms with Crippen LogP contribution in [0.25, 0.3) is 0 Å². The molecule has 0 spiro atoms. The first-order chi connectivity index (χ1) is 10.2. The third-order valence-electron chi connectivity index (χ3n) is 3.29. The number of benzene rings is 2. The zero-order valence-electron chi connectivity index (χ0n) is 12.0. The Balaban J connectivity index is 1.86. The molecule has 0 unspecified atom stereocenters. The molecule has 0 heterocycles. The van der Waals surface area contributed by atoms with E-state index in [1.54, 1.807) is 17.8 Å². The van der Waals surface area contributed by atoms with Crippen molar-refractivity contribution in [2.75, 3.05) is 12.8 Å². The predicted molar refractivity (Wildman–Crippen MR) is 86.5 cm³/mol. The first-order valence-corrected chi connectivity index (χ1v) is 8.01. The van der Waals surface area contributed by atoms with Crippen LogP contribution in [0.3, 0.4) is 0 Å². The van der Waals surface area contributed by atoms with E-state index < -0.39 is 0 Å². The van der Waals surface area contributed by atoms with Gasteiger partial charge in [-0.3, -0.25) is 0 Å². The summed E-state index contributed by atoms with van der Waals surface area (Å²) in [7, 11) is 0. The Bertz CT molecular complexity index is 649. The quantitative estimate of drug-likeness (QED) is 0.634. The average Bonchev–Trinajstić information content (AvgIpc) is 2.53. The number of nitriles is 1. The predicted octanol–water partition coefficient (Wildman–Crippen LogP) is 3.32. The smallest absolute Gasteiger partial charge is 0.120 e. The van der Waals surface area contributed by atoms with Gasteiger partial charge < -0.3 is 10.4 Å². The fourth-order valence-corrected chi connectivity index (χ4v) is 2.76. The molecule has 0 aromatic heterocycles. The van der Waals surface area contributed by atoms with Gasteiger partial charge in [0.25, 0.3) is 0 Å².